The summed E-state index contributed by atoms with van der Waals surface area (Å²) in [5.74, 6) is -0.953. The Morgan fingerprint density at radius 2 is 1.74 bits per heavy atom. The van der Waals surface area contributed by atoms with Crippen LogP contribution in [0.5, 0.6) is 0 Å². The van der Waals surface area contributed by atoms with E-state index < -0.39 is 28.6 Å². The minimum atomic E-state index is -4.15. The van der Waals surface area contributed by atoms with Gasteiger partial charge in [-0.1, -0.05) is 23.7 Å². The molecule has 0 saturated carbocycles. The van der Waals surface area contributed by atoms with Crippen LogP contribution in [0.2, 0.25) is 5.02 Å². The summed E-state index contributed by atoms with van der Waals surface area (Å²) in [5, 5.41) is 2.05. The van der Waals surface area contributed by atoms with E-state index in [0.717, 1.165) is 35.6 Å². The molecule has 1 amide bonds. The van der Waals surface area contributed by atoms with Crippen molar-refractivity contribution in [2.45, 2.75) is 56.1 Å². The van der Waals surface area contributed by atoms with Gasteiger partial charge in [0.1, 0.15) is 12.6 Å². The van der Waals surface area contributed by atoms with Gasteiger partial charge in [-0.05, 0) is 68.1 Å². The van der Waals surface area contributed by atoms with Gasteiger partial charge in [-0.2, -0.15) is 4.31 Å². The number of carbonyl (C=O) groups excluding carboxylic acids is 2. The van der Waals surface area contributed by atoms with E-state index in [1.165, 1.54) is 13.2 Å². The summed E-state index contributed by atoms with van der Waals surface area (Å²) in [6, 6.07) is 9.48. The highest BCUT2D eigenvalue weighted by Crippen LogP contribution is 2.30. The number of sulfonamides is 1. The number of nitrogens with zero attached hydrogens (tertiary/aromatic N) is 3. The molecule has 190 valence electrons. The Bertz CT molecular complexity index is 1210. The third kappa shape index (κ3) is 5.33. The monoisotopic (exact) mass is 521 g/mol. The number of amides is 1. The van der Waals surface area contributed by atoms with Crippen LogP contribution in [-0.4, -0.2) is 85.8 Å². The summed E-state index contributed by atoms with van der Waals surface area (Å²) in [6.07, 6.45) is 2.05. The molecule has 2 heterocycles. The molecule has 1 atom stereocenters. The van der Waals surface area contributed by atoms with Crippen LogP contribution >= 0.6 is 11.6 Å². The van der Waals surface area contributed by atoms with Crippen LogP contribution in [0.1, 0.15) is 33.1 Å². The molecular weight excluding hydrogens is 490 g/mol. The number of hydrogen-bond donors (Lipinski definition) is 0. The number of fused-ring (bicyclic) bond motifs is 1. The van der Waals surface area contributed by atoms with Crippen molar-refractivity contribution in [1.82, 2.24) is 14.1 Å². The molecule has 0 spiro atoms. The maximum atomic E-state index is 13.7. The van der Waals surface area contributed by atoms with E-state index in [0.29, 0.717) is 29.4 Å². The second-order valence-electron chi connectivity index (χ2n) is 9.48. The van der Waals surface area contributed by atoms with E-state index in [1.807, 2.05) is 4.90 Å². The van der Waals surface area contributed by atoms with Gasteiger partial charge in [0.2, 0.25) is 15.9 Å². The summed E-state index contributed by atoms with van der Waals surface area (Å²) in [7, 11) is -2.95. The van der Waals surface area contributed by atoms with Crippen LogP contribution in [-0.2, 0) is 24.3 Å². The van der Waals surface area contributed by atoms with Crippen molar-refractivity contribution in [3.63, 3.8) is 0 Å². The fraction of sp³-hybridized carbons (Fsp3) is 0.520. The molecule has 2 aromatic rings. The van der Waals surface area contributed by atoms with Gasteiger partial charge in [0.05, 0.1) is 12.0 Å². The van der Waals surface area contributed by atoms with Crippen molar-refractivity contribution < 1.29 is 22.7 Å². The highest BCUT2D eigenvalue weighted by atomic mass is 35.5. The van der Waals surface area contributed by atoms with Gasteiger partial charge in [-0.25, -0.2) is 8.42 Å². The van der Waals surface area contributed by atoms with Gasteiger partial charge < -0.3 is 14.5 Å². The maximum Gasteiger partial charge on any atom is 0.321 e. The molecular formula is C25H32ClN3O5S. The number of methoxy groups -OCH3 is 1. The van der Waals surface area contributed by atoms with E-state index in [1.54, 1.807) is 30.3 Å². The van der Waals surface area contributed by atoms with Gasteiger partial charge in [0.15, 0.2) is 0 Å². The van der Waals surface area contributed by atoms with Crippen molar-refractivity contribution in [2.24, 2.45) is 0 Å². The minimum absolute atomic E-state index is 0.0210. The Hall–Kier alpha value is -2.20. The average molecular weight is 522 g/mol. The Balaban J connectivity index is 1.60. The zero-order valence-corrected chi connectivity index (χ0v) is 21.9. The molecule has 0 bridgehead atoms. The minimum Gasteiger partial charge on any atom is -0.468 e. The molecule has 10 heteroatoms. The zero-order chi connectivity index (χ0) is 25.3. The fourth-order valence-corrected chi connectivity index (χ4v) is 6.85. The maximum absolute atomic E-state index is 13.7. The van der Waals surface area contributed by atoms with Gasteiger partial charge in [0.25, 0.3) is 0 Å². The number of piperidine rings is 1. The lowest BCUT2D eigenvalue weighted by atomic mass is 10.0. The molecule has 2 aromatic carbocycles. The molecule has 0 N–H and O–H groups in total. The third-order valence-electron chi connectivity index (χ3n) is 7.12. The standard InChI is InChI=1S/C25H32ClN3O5S/c1-17(2)27-11-8-21(9-12-27)28-13-10-23(25(28)31)29(16-24(30)34-3)35(32,33)22-7-5-18-14-20(26)6-4-19(18)15-22/h4-7,14-15,17,21,23H,8-13,16H2,1-3H3/t23-/m0/s1. The number of hydrogen-bond acceptors (Lipinski definition) is 6. The predicted octanol–water partition coefficient (Wildman–Crippen LogP) is 3.13. The topological polar surface area (TPSA) is 87.2 Å². The number of esters is 1. The molecule has 2 fully saturated rings. The molecule has 2 saturated heterocycles. The number of benzene rings is 2. The molecule has 2 aliphatic heterocycles. The first-order valence-corrected chi connectivity index (χ1v) is 13.8. The summed E-state index contributed by atoms with van der Waals surface area (Å²) >= 11 is 6.05. The van der Waals surface area contributed by atoms with Crippen molar-refractivity contribution in [2.75, 3.05) is 33.3 Å². The lowest BCUT2D eigenvalue weighted by molar-refractivity contribution is -0.142. The van der Waals surface area contributed by atoms with Gasteiger partial charge in [-0.15, -0.1) is 0 Å². The first-order valence-electron chi connectivity index (χ1n) is 11.9. The largest absolute Gasteiger partial charge is 0.468 e. The molecule has 0 unspecified atom stereocenters. The molecule has 35 heavy (non-hydrogen) atoms. The molecule has 0 aliphatic carbocycles. The summed E-state index contributed by atoms with van der Waals surface area (Å²) < 4.78 is 33.3. The Morgan fingerprint density at radius 3 is 2.40 bits per heavy atom. The van der Waals surface area contributed by atoms with E-state index in [4.69, 9.17) is 16.3 Å². The van der Waals surface area contributed by atoms with Crippen LogP contribution in [0.15, 0.2) is 41.3 Å². The average Bonchev–Trinajstić information content (AvgIpc) is 3.22. The Labute approximate surface area is 211 Å². The Morgan fingerprint density at radius 1 is 1.09 bits per heavy atom. The number of carbonyl (C=O) groups is 2. The first-order chi connectivity index (χ1) is 16.6. The number of halogens is 1. The van der Waals surface area contributed by atoms with Crippen molar-refractivity contribution in [1.29, 1.82) is 0 Å². The summed E-state index contributed by atoms with van der Waals surface area (Å²) in [5.41, 5.74) is 0. The van der Waals surface area contributed by atoms with E-state index >= 15 is 0 Å². The van der Waals surface area contributed by atoms with Crippen LogP contribution in [0.4, 0.5) is 0 Å². The van der Waals surface area contributed by atoms with Gasteiger partial charge >= 0.3 is 5.97 Å². The molecule has 8 nitrogen and oxygen atoms in total. The SMILES string of the molecule is COC(=O)CN([C@H]1CCN(C2CCN(C(C)C)CC2)C1=O)S(=O)(=O)c1ccc2cc(Cl)ccc2c1. The number of likely N-dealkylation sites (tertiary alicyclic amines) is 2. The van der Waals surface area contributed by atoms with E-state index in [-0.39, 0.29) is 16.8 Å². The highest BCUT2D eigenvalue weighted by Gasteiger charge is 2.45. The van der Waals surface area contributed by atoms with Crippen LogP contribution in [0.25, 0.3) is 10.8 Å². The summed E-state index contributed by atoms with van der Waals surface area (Å²) in [4.78, 5) is 29.9. The zero-order valence-electron chi connectivity index (χ0n) is 20.3. The van der Waals surface area contributed by atoms with E-state index in [9.17, 15) is 18.0 Å². The normalized spacial score (nSPS) is 20.3. The fourth-order valence-electron chi connectivity index (χ4n) is 5.08. The quantitative estimate of drug-likeness (QED) is 0.520. The smallest absolute Gasteiger partial charge is 0.321 e. The first kappa shape index (κ1) is 25.9. The summed E-state index contributed by atoms with van der Waals surface area (Å²) in [6.45, 7) is 6.08. The van der Waals surface area contributed by atoms with Crippen molar-refractivity contribution in [3.8, 4) is 0 Å². The third-order valence-corrected chi connectivity index (χ3v) is 9.21. The van der Waals surface area contributed by atoms with Crippen LogP contribution in [0, 0.1) is 0 Å². The van der Waals surface area contributed by atoms with Crippen LogP contribution < -0.4 is 0 Å². The number of rotatable bonds is 7. The van der Waals surface area contributed by atoms with Crippen molar-refractivity contribution >= 4 is 44.3 Å². The second-order valence-corrected chi connectivity index (χ2v) is 11.8. The van der Waals surface area contributed by atoms with Crippen molar-refractivity contribution in [3.05, 3.63) is 41.4 Å². The van der Waals surface area contributed by atoms with E-state index in [2.05, 4.69) is 18.7 Å². The van der Waals surface area contributed by atoms with Crippen LogP contribution in [0.3, 0.4) is 0 Å². The molecule has 2 aliphatic rings. The second kappa shape index (κ2) is 10.4. The lowest BCUT2D eigenvalue weighted by Gasteiger charge is -2.38. The highest BCUT2D eigenvalue weighted by molar-refractivity contribution is 7.89. The predicted molar refractivity (Wildman–Crippen MR) is 135 cm³/mol. The lowest BCUT2D eigenvalue weighted by Crippen LogP contribution is -2.51. The molecule has 0 aromatic heterocycles. The van der Waals surface area contributed by atoms with Gasteiger partial charge in [0, 0.05) is 36.7 Å². The van der Waals surface area contributed by atoms with Gasteiger partial charge in [-0.3, -0.25) is 9.59 Å². The molecule has 4 rings (SSSR count). The Kier molecular flexibility index (Phi) is 7.71. The number of ether oxygens (including phenoxy) is 1. The molecule has 0 radical (unpaired) electrons.